The summed E-state index contributed by atoms with van der Waals surface area (Å²) in [6, 6.07) is 0.724. The van der Waals surface area contributed by atoms with Crippen LogP contribution in [0.15, 0.2) is 0 Å². The van der Waals surface area contributed by atoms with E-state index < -0.39 is 12.7 Å². The number of alkyl halides is 3. The van der Waals surface area contributed by atoms with E-state index in [9.17, 15) is 13.2 Å². The Hall–Kier alpha value is -0.290. The summed E-state index contributed by atoms with van der Waals surface area (Å²) in [6.45, 7) is 2.37. The molecule has 0 aromatic carbocycles. The van der Waals surface area contributed by atoms with Gasteiger partial charge in [-0.15, -0.1) is 0 Å². The predicted molar refractivity (Wildman–Crippen MR) is 70.1 cm³/mol. The summed E-state index contributed by atoms with van der Waals surface area (Å²) in [7, 11) is 0. The molecular formula is C14H25F3N2. The van der Waals surface area contributed by atoms with Gasteiger partial charge in [0, 0.05) is 18.1 Å². The second kappa shape index (κ2) is 6.44. The van der Waals surface area contributed by atoms with Crippen LogP contribution in [0.25, 0.3) is 0 Å². The summed E-state index contributed by atoms with van der Waals surface area (Å²) in [5.74, 6) is 0. The summed E-state index contributed by atoms with van der Waals surface area (Å²) < 4.78 is 38.1. The first-order chi connectivity index (χ1) is 8.99. The topological polar surface area (TPSA) is 15.3 Å². The SMILES string of the molecule is CCCNC1CCCC(N(CC(F)(F)F)C2CC2)C1. The Balaban J connectivity index is 1.89. The molecular weight excluding hydrogens is 253 g/mol. The van der Waals surface area contributed by atoms with Gasteiger partial charge in [-0.05, 0) is 45.1 Å². The molecule has 0 saturated heterocycles. The fourth-order valence-corrected chi connectivity index (χ4v) is 3.17. The molecule has 2 rings (SSSR count). The normalized spacial score (nSPS) is 28.9. The highest BCUT2D eigenvalue weighted by Crippen LogP contribution is 2.36. The van der Waals surface area contributed by atoms with Crippen LogP contribution < -0.4 is 5.32 Å². The maximum Gasteiger partial charge on any atom is 0.401 e. The largest absolute Gasteiger partial charge is 0.401 e. The molecule has 19 heavy (non-hydrogen) atoms. The van der Waals surface area contributed by atoms with Crippen molar-refractivity contribution in [2.75, 3.05) is 13.1 Å². The van der Waals surface area contributed by atoms with Crippen LogP contribution in [0.3, 0.4) is 0 Å². The molecule has 0 aliphatic heterocycles. The lowest BCUT2D eigenvalue weighted by Gasteiger charge is -2.38. The van der Waals surface area contributed by atoms with Gasteiger partial charge in [-0.2, -0.15) is 13.2 Å². The number of halogens is 3. The molecule has 1 N–H and O–H groups in total. The monoisotopic (exact) mass is 278 g/mol. The Labute approximate surface area is 113 Å². The van der Waals surface area contributed by atoms with Gasteiger partial charge >= 0.3 is 6.18 Å². The van der Waals surface area contributed by atoms with Crippen molar-refractivity contribution in [3.63, 3.8) is 0 Å². The van der Waals surface area contributed by atoms with E-state index in [1.165, 1.54) is 0 Å². The molecule has 2 nitrogen and oxygen atoms in total. The molecule has 0 spiro atoms. The summed E-state index contributed by atoms with van der Waals surface area (Å²) in [5, 5.41) is 3.47. The van der Waals surface area contributed by atoms with Crippen LogP contribution in [0.2, 0.25) is 0 Å². The fourth-order valence-electron chi connectivity index (χ4n) is 3.17. The third-order valence-electron chi connectivity index (χ3n) is 4.18. The summed E-state index contributed by atoms with van der Waals surface area (Å²) in [6.07, 6.45) is 2.87. The van der Waals surface area contributed by atoms with Crippen molar-refractivity contribution >= 4 is 0 Å². The molecule has 2 saturated carbocycles. The predicted octanol–water partition coefficient (Wildman–Crippen LogP) is 3.32. The minimum absolute atomic E-state index is 0.122. The quantitative estimate of drug-likeness (QED) is 0.802. The van der Waals surface area contributed by atoms with Crippen LogP contribution >= 0.6 is 0 Å². The third kappa shape index (κ3) is 4.95. The van der Waals surface area contributed by atoms with Gasteiger partial charge in [0.1, 0.15) is 0 Å². The molecule has 0 heterocycles. The zero-order valence-electron chi connectivity index (χ0n) is 11.7. The van der Waals surface area contributed by atoms with Gasteiger partial charge in [0.2, 0.25) is 0 Å². The van der Waals surface area contributed by atoms with E-state index in [0.717, 1.165) is 51.5 Å². The van der Waals surface area contributed by atoms with Crippen molar-refractivity contribution < 1.29 is 13.2 Å². The van der Waals surface area contributed by atoms with Crippen LogP contribution in [0.1, 0.15) is 51.9 Å². The van der Waals surface area contributed by atoms with E-state index in [4.69, 9.17) is 0 Å². The Bertz CT molecular complexity index is 276. The first kappa shape index (κ1) is 15.1. The molecule has 0 bridgehead atoms. The second-order valence-corrected chi connectivity index (χ2v) is 5.99. The van der Waals surface area contributed by atoms with Gasteiger partial charge in [-0.25, -0.2) is 0 Å². The minimum Gasteiger partial charge on any atom is -0.314 e. The van der Waals surface area contributed by atoms with Crippen LogP contribution in [-0.4, -0.2) is 42.3 Å². The lowest BCUT2D eigenvalue weighted by molar-refractivity contribution is -0.154. The maximum atomic E-state index is 12.7. The van der Waals surface area contributed by atoms with Crippen LogP contribution in [0, 0.1) is 0 Å². The van der Waals surface area contributed by atoms with Crippen molar-refractivity contribution in [1.82, 2.24) is 10.2 Å². The molecule has 5 heteroatoms. The van der Waals surface area contributed by atoms with Crippen molar-refractivity contribution in [2.45, 2.75) is 76.2 Å². The first-order valence-corrected chi connectivity index (χ1v) is 7.55. The molecule has 2 atom stereocenters. The van der Waals surface area contributed by atoms with Crippen LogP contribution in [0.4, 0.5) is 13.2 Å². The number of hydrogen-bond acceptors (Lipinski definition) is 2. The maximum absolute atomic E-state index is 12.7. The van der Waals surface area contributed by atoms with Crippen LogP contribution in [-0.2, 0) is 0 Å². The standard InChI is InChI=1S/C14H25F3N2/c1-2-8-18-11-4-3-5-13(9-11)19(12-6-7-12)10-14(15,16)17/h11-13,18H,2-10H2,1H3. The van der Waals surface area contributed by atoms with E-state index in [2.05, 4.69) is 12.2 Å². The van der Waals surface area contributed by atoms with E-state index in [1.54, 1.807) is 4.90 Å². The molecule has 2 aliphatic rings. The Morgan fingerprint density at radius 3 is 2.42 bits per heavy atom. The minimum atomic E-state index is -4.06. The summed E-state index contributed by atoms with van der Waals surface area (Å²) >= 11 is 0. The Kier molecular flexibility index (Phi) is 5.12. The first-order valence-electron chi connectivity index (χ1n) is 7.55. The summed E-state index contributed by atoms with van der Waals surface area (Å²) in [4.78, 5) is 1.74. The number of hydrogen-bond donors (Lipinski definition) is 1. The summed E-state index contributed by atoms with van der Waals surface area (Å²) in [5.41, 5.74) is 0. The van der Waals surface area contributed by atoms with Gasteiger partial charge in [0.05, 0.1) is 6.54 Å². The number of nitrogens with one attached hydrogen (secondary N) is 1. The Morgan fingerprint density at radius 1 is 1.11 bits per heavy atom. The lowest BCUT2D eigenvalue weighted by atomic mass is 9.89. The number of nitrogens with zero attached hydrogens (tertiary/aromatic N) is 1. The smallest absolute Gasteiger partial charge is 0.314 e. The van der Waals surface area contributed by atoms with Crippen molar-refractivity contribution in [2.24, 2.45) is 0 Å². The molecule has 2 aliphatic carbocycles. The Morgan fingerprint density at radius 2 is 1.84 bits per heavy atom. The molecule has 2 unspecified atom stereocenters. The van der Waals surface area contributed by atoms with Gasteiger partial charge < -0.3 is 5.32 Å². The highest BCUT2D eigenvalue weighted by molar-refractivity contribution is 4.93. The second-order valence-electron chi connectivity index (χ2n) is 5.99. The number of rotatable bonds is 6. The molecule has 0 radical (unpaired) electrons. The zero-order valence-corrected chi connectivity index (χ0v) is 11.7. The molecule has 0 aromatic rings. The lowest BCUT2D eigenvalue weighted by Crippen LogP contribution is -2.48. The molecule has 2 fully saturated rings. The third-order valence-corrected chi connectivity index (χ3v) is 4.18. The van der Waals surface area contributed by atoms with Gasteiger partial charge in [-0.1, -0.05) is 13.3 Å². The van der Waals surface area contributed by atoms with Crippen LogP contribution in [0.5, 0.6) is 0 Å². The van der Waals surface area contributed by atoms with E-state index in [-0.39, 0.29) is 12.1 Å². The van der Waals surface area contributed by atoms with E-state index in [1.807, 2.05) is 0 Å². The fraction of sp³-hybridized carbons (Fsp3) is 1.00. The average molecular weight is 278 g/mol. The van der Waals surface area contributed by atoms with Crippen molar-refractivity contribution in [3.8, 4) is 0 Å². The zero-order chi connectivity index (χ0) is 13.9. The van der Waals surface area contributed by atoms with E-state index in [0.29, 0.717) is 6.04 Å². The highest BCUT2D eigenvalue weighted by Gasteiger charge is 2.42. The van der Waals surface area contributed by atoms with Crippen molar-refractivity contribution in [1.29, 1.82) is 0 Å². The average Bonchev–Trinajstić information content (AvgIpc) is 3.17. The van der Waals surface area contributed by atoms with E-state index >= 15 is 0 Å². The molecule has 0 aromatic heterocycles. The molecule has 112 valence electrons. The molecule has 0 amide bonds. The van der Waals surface area contributed by atoms with Crippen molar-refractivity contribution in [3.05, 3.63) is 0 Å². The van der Waals surface area contributed by atoms with Gasteiger partial charge in [-0.3, -0.25) is 4.90 Å². The van der Waals surface area contributed by atoms with Gasteiger partial charge in [0.25, 0.3) is 0 Å². The highest BCUT2D eigenvalue weighted by atomic mass is 19.4. The van der Waals surface area contributed by atoms with Gasteiger partial charge in [0.15, 0.2) is 0 Å².